The van der Waals surface area contributed by atoms with Crippen LogP contribution in [0.3, 0.4) is 0 Å². The fourth-order valence-electron chi connectivity index (χ4n) is 8.97. The van der Waals surface area contributed by atoms with Crippen molar-refractivity contribution in [1.82, 2.24) is 0 Å². The quantitative estimate of drug-likeness (QED) is 0.0261. The number of hydrogen-bond acceptors (Lipinski definition) is 6. The molecule has 0 aliphatic carbocycles. The zero-order chi connectivity index (χ0) is 55.0. The number of carbonyl (C=O) groups excluding carboxylic acids is 3. The first-order valence-corrected chi connectivity index (χ1v) is 32.2. The van der Waals surface area contributed by atoms with E-state index in [0.29, 0.717) is 19.3 Å². The van der Waals surface area contributed by atoms with E-state index >= 15 is 0 Å². The van der Waals surface area contributed by atoms with Crippen LogP contribution in [0.15, 0.2) is 97.2 Å². The van der Waals surface area contributed by atoms with Crippen LogP contribution in [0.1, 0.15) is 310 Å². The molecule has 6 nitrogen and oxygen atoms in total. The van der Waals surface area contributed by atoms with Crippen LogP contribution in [0.25, 0.3) is 0 Å². The van der Waals surface area contributed by atoms with E-state index in [9.17, 15) is 14.4 Å². The van der Waals surface area contributed by atoms with Crippen LogP contribution in [0, 0.1) is 0 Å². The summed E-state index contributed by atoms with van der Waals surface area (Å²) in [6.45, 7) is 6.49. The highest BCUT2D eigenvalue weighted by atomic mass is 16.6. The Kier molecular flexibility index (Phi) is 60.8. The van der Waals surface area contributed by atoms with Crippen LogP contribution in [0.4, 0.5) is 0 Å². The summed E-state index contributed by atoms with van der Waals surface area (Å²) >= 11 is 0. The summed E-state index contributed by atoms with van der Waals surface area (Å²) in [5.41, 5.74) is 0. The monoisotopic (exact) mass is 1060 g/mol. The van der Waals surface area contributed by atoms with Gasteiger partial charge >= 0.3 is 17.9 Å². The van der Waals surface area contributed by atoms with Crippen molar-refractivity contribution in [3.05, 3.63) is 97.2 Å². The number of carbonyl (C=O) groups is 3. The van der Waals surface area contributed by atoms with Crippen molar-refractivity contribution in [2.45, 2.75) is 316 Å². The molecule has 0 aromatic rings. The van der Waals surface area contributed by atoms with Crippen LogP contribution in [0.2, 0.25) is 0 Å². The van der Waals surface area contributed by atoms with Gasteiger partial charge in [-0.25, -0.2) is 0 Å². The van der Waals surface area contributed by atoms with E-state index in [-0.39, 0.29) is 31.1 Å². The van der Waals surface area contributed by atoms with Gasteiger partial charge in [-0.1, -0.05) is 266 Å². The summed E-state index contributed by atoms with van der Waals surface area (Å²) in [5.74, 6) is -0.889. The summed E-state index contributed by atoms with van der Waals surface area (Å²) in [5, 5.41) is 0. The molecular weight excluding hydrogens is 937 g/mol. The Morgan fingerprint density at radius 1 is 0.276 bits per heavy atom. The average molecular weight is 1060 g/mol. The molecule has 0 saturated heterocycles. The minimum atomic E-state index is -0.785. The molecule has 0 fully saturated rings. The first-order valence-electron chi connectivity index (χ1n) is 32.2. The lowest BCUT2D eigenvalue weighted by molar-refractivity contribution is -0.167. The van der Waals surface area contributed by atoms with Gasteiger partial charge in [-0.15, -0.1) is 0 Å². The van der Waals surface area contributed by atoms with E-state index in [0.717, 1.165) is 103 Å². The van der Waals surface area contributed by atoms with Crippen molar-refractivity contribution < 1.29 is 28.6 Å². The van der Waals surface area contributed by atoms with Gasteiger partial charge in [0, 0.05) is 19.3 Å². The molecule has 0 aromatic heterocycles. The first kappa shape index (κ1) is 72.3. The summed E-state index contributed by atoms with van der Waals surface area (Å²) < 4.78 is 16.9. The Hall–Kier alpha value is -3.67. The molecule has 0 N–H and O–H groups in total. The molecular formula is C70H120O6. The maximum Gasteiger partial charge on any atom is 0.306 e. The Labute approximate surface area is 470 Å². The topological polar surface area (TPSA) is 78.9 Å². The van der Waals surface area contributed by atoms with Crippen molar-refractivity contribution >= 4 is 17.9 Å². The molecule has 1 atom stereocenters. The fraction of sp³-hybridized carbons (Fsp3) is 0.729. The first-order chi connectivity index (χ1) is 37.5. The normalized spacial score (nSPS) is 12.7. The van der Waals surface area contributed by atoms with Gasteiger partial charge in [-0.3, -0.25) is 14.4 Å². The lowest BCUT2D eigenvalue weighted by atomic mass is 10.0. The van der Waals surface area contributed by atoms with Crippen LogP contribution in [0.5, 0.6) is 0 Å². The molecule has 0 aliphatic rings. The third-order valence-electron chi connectivity index (χ3n) is 13.8. The SMILES string of the molecule is CC/C=C\C/C=C\C/C=C\C/C=C\C/C=C\CCCCCCCCCCCCCC(=O)OCC(COC(=O)CCCCCCC/C=C\CCCCC)OC(=O)CCCCCCCCCCC/C=C\C/C=C\CCCCC. The second kappa shape index (κ2) is 63.9. The minimum Gasteiger partial charge on any atom is -0.462 e. The highest BCUT2D eigenvalue weighted by molar-refractivity contribution is 5.71. The number of allylic oxidation sites excluding steroid dienone is 16. The van der Waals surface area contributed by atoms with Gasteiger partial charge in [-0.2, -0.15) is 0 Å². The molecule has 436 valence electrons. The van der Waals surface area contributed by atoms with Crippen LogP contribution in [-0.2, 0) is 28.6 Å². The molecule has 0 saturated carbocycles. The van der Waals surface area contributed by atoms with E-state index in [4.69, 9.17) is 14.2 Å². The molecule has 0 bridgehead atoms. The lowest BCUT2D eigenvalue weighted by Gasteiger charge is -2.18. The van der Waals surface area contributed by atoms with Gasteiger partial charge < -0.3 is 14.2 Å². The average Bonchev–Trinajstić information content (AvgIpc) is 3.42. The molecule has 1 unspecified atom stereocenters. The summed E-state index contributed by atoms with van der Waals surface area (Å²) in [6, 6.07) is 0. The Morgan fingerprint density at radius 2 is 0.513 bits per heavy atom. The van der Waals surface area contributed by atoms with Crippen molar-refractivity contribution in [2.75, 3.05) is 13.2 Å². The van der Waals surface area contributed by atoms with Crippen molar-refractivity contribution in [3.63, 3.8) is 0 Å². The van der Waals surface area contributed by atoms with E-state index in [2.05, 4.69) is 118 Å². The third kappa shape index (κ3) is 61.2. The van der Waals surface area contributed by atoms with Gasteiger partial charge in [0.15, 0.2) is 6.10 Å². The molecule has 0 aromatic carbocycles. The van der Waals surface area contributed by atoms with Gasteiger partial charge in [0.2, 0.25) is 0 Å². The highest BCUT2D eigenvalue weighted by Gasteiger charge is 2.19. The predicted molar refractivity (Wildman–Crippen MR) is 330 cm³/mol. The predicted octanol–water partition coefficient (Wildman–Crippen LogP) is 22.0. The van der Waals surface area contributed by atoms with Crippen molar-refractivity contribution in [1.29, 1.82) is 0 Å². The van der Waals surface area contributed by atoms with E-state index in [1.54, 1.807) is 0 Å². The van der Waals surface area contributed by atoms with Gasteiger partial charge in [-0.05, 0) is 122 Å². The fourth-order valence-corrected chi connectivity index (χ4v) is 8.97. The third-order valence-corrected chi connectivity index (χ3v) is 13.8. The molecule has 76 heavy (non-hydrogen) atoms. The lowest BCUT2D eigenvalue weighted by Crippen LogP contribution is -2.30. The second-order valence-electron chi connectivity index (χ2n) is 21.3. The number of hydrogen-bond donors (Lipinski definition) is 0. The van der Waals surface area contributed by atoms with Gasteiger partial charge in [0.1, 0.15) is 13.2 Å². The van der Waals surface area contributed by atoms with Crippen LogP contribution < -0.4 is 0 Å². The smallest absolute Gasteiger partial charge is 0.306 e. The number of unbranched alkanes of at least 4 members (excludes halogenated alkanes) is 31. The Bertz CT molecular complexity index is 1490. The summed E-state index contributed by atoms with van der Waals surface area (Å²) in [7, 11) is 0. The number of esters is 3. The molecule has 0 aliphatic heterocycles. The zero-order valence-electron chi connectivity index (χ0n) is 50.0. The van der Waals surface area contributed by atoms with Gasteiger partial charge in [0.25, 0.3) is 0 Å². The summed E-state index contributed by atoms with van der Waals surface area (Å²) in [6.07, 6.45) is 85.5. The maximum absolute atomic E-state index is 12.9. The van der Waals surface area contributed by atoms with Crippen molar-refractivity contribution in [2.24, 2.45) is 0 Å². The number of rotatable bonds is 58. The van der Waals surface area contributed by atoms with E-state index < -0.39 is 6.10 Å². The molecule has 0 spiro atoms. The Balaban J connectivity index is 4.29. The number of ether oxygens (including phenoxy) is 3. The molecule has 0 radical (unpaired) electrons. The molecule has 0 heterocycles. The molecule has 6 heteroatoms. The van der Waals surface area contributed by atoms with Crippen LogP contribution in [-0.4, -0.2) is 37.2 Å². The van der Waals surface area contributed by atoms with Gasteiger partial charge in [0.05, 0.1) is 0 Å². The minimum absolute atomic E-state index is 0.0822. The largest absolute Gasteiger partial charge is 0.462 e. The Morgan fingerprint density at radius 3 is 0.816 bits per heavy atom. The van der Waals surface area contributed by atoms with Crippen LogP contribution >= 0.6 is 0 Å². The highest BCUT2D eigenvalue weighted by Crippen LogP contribution is 2.16. The zero-order valence-corrected chi connectivity index (χ0v) is 50.0. The van der Waals surface area contributed by atoms with Crippen molar-refractivity contribution in [3.8, 4) is 0 Å². The van der Waals surface area contributed by atoms with E-state index in [1.165, 1.54) is 167 Å². The van der Waals surface area contributed by atoms with E-state index in [1.807, 2.05) is 0 Å². The second-order valence-corrected chi connectivity index (χ2v) is 21.3. The standard InChI is InChI=1S/C70H120O6/c1-4-7-10-13-16-19-22-25-27-29-31-32-33-34-35-36-37-38-40-41-43-45-48-51-54-57-60-63-69(72)75-66-67(65-74-68(71)62-59-56-53-50-47-24-21-18-15-12-9-6-3)76-70(73)64-61-58-55-52-49-46-44-42-39-30-28-26-23-20-17-14-11-8-5-2/h7,10,16-21,25-28,31-32,34-35,67H,4-6,8-9,11-15,22-24,29-30,33,36-66H2,1-3H3/b10-7-,19-16-,20-17-,21-18-,27-25-,28-26-,32-31-,35-34-. The molecule has 0 rings (SSSR count). The summed E-state index contributed by atoms with van der Waals surface area (Å²) in [4.78, 5) is 38.3. The molecule has 0 amide bonds. The maximum atomic E-state index is 12.9.